The lowest BCUT2D eigenvalue weighted by Gasteiger charge is -2.02. The zero-order valence-corrected chi connectivity index (χ0v) is 13.5. The Morgan fingerprint density at radius 2 is 1.79 bits per heavy atom. The minimum atomic E-state index is -0.319. The average Bonchev–Trinajstić information content (AvgIpc) is 2.96. The number of nitrogens with zero attached hydrogens (tertiary/aromatic N) is 3. The molecule has 0 aliphatic heterocycles. The molecule has 0 unspecified atom stereocenters. The van der Waals surface area contributed by atoms with Gasteiger partial charge in [0.15, 0.2) is 5.69 Å². The molecule has 120 valence electrons. The van der Waals surface area contributed by atoms with Crippen molar-refractivity contribution in [3.63, 3.8) is 0 Å². The maximum absolute atomic E-state index is 12.9. The van der Waals surface area contributed by atoms with Gasteiger partial charge in [-0.1, -0.05) is 35.0 Å². The predicted octanol–water partition coefficient (Wildman–Crippen LogP) is 4.26. The van der Waals surface area contributed by atoms with Crippen molar-refractivity contribution in [1.29, 1.82) is 0 Å². The van der Waals surface area contributed by atoms with E-state index < -0.39 is 0 Å². The summed E-state index contributed by atoms with van der Waals surface area (Å²) in [6, 6.07) is 13.0. The Kier molecular flexibility index (Phi) is 4.53. The fraction of sp³-hybridized carbons (Fsp3) is 0.0556. The van der Waals surface area contributed by atoms with Crippen molar-refractivity contribution in [2.75, 3.05) is 0 Å². The molecule has 0 radical (unpaired) electrons. The van der Waals surface area contributed by atoms with E-state index >= 15 is 0 Å². The van der Waals surface area contributed by atoms with Gasteiger partial charge in [-0.2, -0.15) is 0 Å². The topological polar surface area (TPSA) is 47.8 Å². The first-order valence-corrected chi connectivity index (χ1v) is 7.58. The van der Waals surface area contributed by atoms with Crippen LogP contribution in [0.1, 0.15) is 21.7 Å². The standard InChI is InChI=1S/C18H13ClFN3O/c1-12-18(17(24)11-4-13-2-7-15(20)8-3-13)21-22-23(12)16-9-5-14(19)6-10-16/h2-11H,1H3/b11-4+. The highest BCUT2D eigenvalue weighted by molar-refractivity contribution is 6.30. The van der Waals surface area contributed by atoms with Gasteiger partial charge in [-0.15, -0.1) is 5.10 Å². The van der Waals surface area contributed by atoms with Crippen LogP contribution in [-0.2, 0) is 0 Å². The molecule has 0 spiro atoms. The number of carbonyl (C=O) groups excluding carboxylic acids is 1. The molecule has 0 bridgehead atoms. The van der Waals surface area contributed by atoms with Crippen LogP contribution < -0.4 is 0 Å². The lowest BCUT2D eigenvalue weighted by molar-refractivity contribution is 0.104. The molecule has 0 aliphatic carbocycles. The SMILES string of the molecule is Cc1c(C(=O)/C=C/c2ccc(F)cc2)nnn1-c1ccc(Cl)cc1. The van der Waals surface area contributed by atoms with E-state index in [9.17, 15) is 9.18 Å². The predicted molar refractivity (Wildman–Crippen MR) is 90.9 cm³/mol. The molecular formula is C18H13ClFN3O. The van der Waals surface area contributed by atoms with E-state index in [1.165, 1.54) is 18.2 Å². The number of hydrogen-bond acceptors (Lipinski definition) is 3. The highest BCUT2D eigenvalue weighted by Gasteiger charge is 2.15. The highest BCUT2D eigenvalue weighted by atomic mass is 35.5. The van der Waals surface area contributed by atoms with Crippen molar-refractivity contribution in [1.82, 2.24) is 15.0 Å². The van der Waals surface area contributed by atoms with Gasteiger partial charge in [0.1, 0.15) is 5.82 Å². The summed E-state index contributed by atoms with van der Waals surface area (Å²) in [4.78, 5) is 12.3. The van der Waals surface area contributed by atoms with Gasteiger partial charge < -0.3 is 0 Å². The lowest BCUT2D eigenvalue weighted by atomic mass is 10.1. The van der Waals surface area contributed by atoms with Crippen molar-refractivity contribution in [3.05, 3.63) is 82.4 Å². The van der Waals surface area contributed by atoms with Gasteiger partial charge in [-0.3, -0.25) is 4.79 Å². The van der Waals surface area contributed by atoms with Gasteiger partial charge in [-0.25, -0.2) is 9.07 Å². The molecule has 0 aliphatic rings. The fourth-order valence-corrected chi connectivity index (χ4v) is 2.34. The van der Waals surface area contributed by atoms with Gasteiger partial charge in [0, 0.05) is 5.02 Å². The van der Waals surface area contributed by atoms with Crippen molar-refractivity contribution in [2.45, 2.75) is 6.92 Å². The second kappa shape index (κ2) is 6.76. The van der Waals surface area contributed by atoms with Crippen molar-refractivity contribution < 1.29 is 9.18 Å². The monoisotopic (exact) mass is 341 g/mol. The Labute approximate surface area is 143 Å². The van der Waals surface area contributed by atoms with Gasteiger partial charge in [0.2, 0.25) is 5.78 Å². The summed E-state index contributed by atoms with van der Waals surface area (Å²) in [5, 5.41) is 8.60. The van der Waals surface area contributed by atoms with Crippen LogP contribution in [0.2, 0.25) is 5.02 Å². The van der Waals surface area contributed by atoms with Gasteiger partial charge >= 0.3 is 0 Å². The molecule has 0 amide bonds. The van der Waals surface area contributed by atoms with Crippen LogP contribution in [0.25, 0.3) is 11.8 Å². The number of hydrogen-bond donors (Lipinski definition) is 0. The molecule has 1 heterocycles. The summed E-state index contributed by atoms with van der Waals surface area (Å²) in [6.07, 6.45) is 3.01. The van der Waals surface area contributed by atoms with Crippen LogP contribution in [0.5, 0.6) is 0 Å². The summed E-state index contributed by atoms with van der Waals surface area (Å²) in [7, 11) is 0. The van der Waals surface area contributed by atoms with Crippen LogP contribution in [-0.4, -0.2) is 20.8 Å². The fourth-order valence-electron chi connectivity index (χ4n) is 2.21. The number of ketones is 1. The first-order valence-electron chi connectivity index (χ1n) is 7.21. The molecule has 2 aromatic carbocycles. The number of benzene rings is 2. The van der Waals surface area contributed by atoms with E-state index in [-0.39, 0.29) is 17.3 Å². The molecule has 0 saturated carbocycles. The molecule has 1 aromatic heterocycles. The molecule has 0 N–H and O–H groups in total. The third-order valence-corrected chi connectivity index (χ3v) is 3.75. The maximum atomic E-state index is 12.9. The van der Waals surface area contributed by atoms with Crippen LogP contribution in [0, 0.1) is 12.7 Å². The second-order valence-corrected chi connectivity index (χ2v) is 5.60. The quantitative estimate of drug-likeness (QED) is 0.526. The Balaban J connectivity index is 1.83. The normalized spacial score (nSPS) is 11.1. The zero-order valence-electron chi connectivity index (χ0n) is 12.8. The van der Waals surface area contributed by atoms with Gasteiger partial charge in [-0.05, 0) is 55.0 Å². The maximum Gasteiger partial charge on any atom is 0.208 e. The van der Waals surface area contributed by atoms with E-state index in [2.05, 4.69) is 10.3 Å². The zero-order chi connectivity index (χ0) is 17.1. The number of rotatable bonds is 4. The number of aromatic nitrogens is 3. The molecule has 0 atom stereocenters. The van der Waals surface area contributed by atoms with Crippen LogP contribution in [0.15, 0.2) is 54.6 Å². The van der Waals surface area contributed by atoms with E-state index in [4.69, 9.17) is 11.6 Å². The van der Waals surface area contributed by atoms with Crippen LogP contribution in [0.3, 0.4) is 0 Å². The average molecular weight is 342 g/mol. The first-order chi connectivity index (χ1) is 11.5. The second-order valence-electron chi connectivity index (χ2n) is 5.16. The lowest BCUT2D eigenvalue weighted by Crippen LogP contribution is -2.01. The number of carbonyl (C=O) groups is 1. The molecule has 24 heavy (non-hydrogen) atoms. The van der Waals surface area contributed by atoms with Crippen molar-refractivity contribution in [2.24, 2.45) is 0 Å². The molecule has 0 saturated heterocycles. The smallest absolute Gasteiger partial charge is 0.208 e. The molecule has 6 heteroatoms. The minimum Gasteiger partial charge on any atom is -0.287 e. The minimum absolute atomic E-state index is 0.267. The molecular weight excluding hydrogens is 329 g/mol. The summed E-state index contributed by atoms with van der Waals surface area (Å²) >= 11 is 5.87. The Morgan fingerprint density at radius 3 is 2.46 bits per heavy atom. The van der Waals surface area contributed by atoms with E-state index in [0.717, 1.165) is 11.3 Å². The molecule has 3 aromatic rings. The summed E-state index contributed by atoms with van der Waals surface area (Å²) in [5.41, 5.74) is 2.40. The van der Waals surface area contributed by atoms with Crippen LogP contribution in [0.4, 0.5) is 4.39 Å². The molecule has 3 rings (SSSR count). The number of halogens is 2. The van der Waals surface area contributed by atoms with Gasteiger partial charge in [0.05, 0.1) is 11.4 Å². The third kappa shape index (κ3) is 3.41. The van der Waals surface area contributed by atoms with E-state index in [0.29, 0.717) is 10.7 Å². The summed E-state index contributed by atoms with van der Waals surface area (Å²) < 4.78 is 14.5. The van der Waals surface area contributed by atoms with Crippen molar-refractivity contribution >= 4 is 23.5 Å². The van der Waals surface area contributed by atoms with Gasteiger partial charge in [0.25, 0.3) is 0 Å². The number of allylic oxidation sites excluding steroid dienone is 1. The Hall–Kier alpha value is -2.79. The third-order valence-electron chi connectivity index (χ3n) is 3.50. The highest BCUT2D eigenvalue weighted by Crippen LogP contribution is 2.16. The van der Waals surface area contributed by atoms with E-state index in [1.54, 1.807) is 54.1 Å². The van der Waals surface area contributed by atoms with Crippen molar-refractivity contribution in [3.8, 4) is 5.69 Å². The Bertz CT molecular complexity index is 899. The largest absolute Gasteiger partial charge is 0.287 e. The molecule has 4 nitrogen and oxygen atoms in total. The van der Waals surface area contributed by atoms with Crippen LogP contribution >= 0.6 is 11.6 Å². The Morgan fingerprint density at radius 1 is 1.12 bits per heavy atom. The summed E-state index contributed by atoms with van der Waals surface area (Å²) in [5.74, 6) is -0.586. The first kappa shape index (κ1) is 16.1. The summed E-state index contributed by atoms with van der Waals surface area (Å²) in [6.45, 7) is 1.77. The van der Waals surface area contributed by atoms with E-state index in [1.807, 2.05) is 0 Å². The molecule has 0 fully saturated rings.